The van der Waals surface area contributed by atoms with Gasteiger partial charge in [-0.25, -0.2) is 0 Å². The summed E-state index contributed by atoms with van der Waals surface area (Å²) < 4.78 is 5.41. The minimum absolute atomic E-state index is 0.233. The lowest BCUT2D eigenvalue weighted by Crippen LogP contribution is -2.38. The van der Waals surface area contributed by atoms with Gasteiger partial charge in [-0.05, 0) is 41.2 Å². The summed E-state index contributed by atoms with van der Waals surface area (Å²) in [6, 6.07) is 10.5. The lowest BCUT2D eigenvalue weighted by atomic mass is 9.76. The third-order valence-corrected chi connectivity index (χ3v) is 5.05. The number of hydrogen-bond donors (Lipinski definition) is 1. The molecule has 1 aliphatic heterocycles. The van der Waals surface area contributed by atoms with Gasteiger partial charge in [0.25, 0.3) is 0 Å². The van der Waals surface area contributed by atoms with Crippen LogP contribution < -0.4 is 4.74 Å². The van der Waals surface area contributed by atoms with E-state index >= 15 is 0 Å². The Kier molecular flexibility index (Phi) is 3.28. The smallest absolute Gasteiger partial charge is 0.166 e. The number of nitrogens with zero attached hydrogens (tertiary/aromatic N) is 1. The monoisotopic (exact) mass is 305 g/mol. The Morgan fingerprint density at radius 2 is 2.17 bits per heavy atom. The van der Waals surface area contributed by atoms with Gasteiger partial charge in [0.15, 0.2) is 11.5 Å². The van der Waals surface area contributed by atoms with Gasteiger partial charge >= 0.3 is 0 Å². The van der Waals surface area contributed by atoms with E-state index in [-0.39, 0.29) is 11.8 Å². The van der Waals surface area contributed by atoms with Crippen molar-refractivity contribution in [2.24, 2.45) is 0 Å². The normalized spacial score (nSPS) is 18.7. The van der Waals surface area contributed by atoms with Crippen molar-refractivity contribution in [1.29, 1.82) is 0 Å². The second kappa shape index (κ2) is 5.33. The Labute approximate surface area is 136 Å². The molecule has 2 aromatic carbocycles. The number of fused-ring (bicyclic) bond motifs is 2. The molecular weight excluding hydrogens is 286 g/mol. The van der Waals surface area contributed by atoms with E-state index in [0.29, 0.717) is 12.3 Å². The van der Waals surface area contributed by atoms with Crippen molar-refractivity contribution in [3.8, 4) is 35.0 Å². The zero-order chi connectivity index (χ0) is 16.0. The van der Waals surface area contributed by atoms with E-state index < -0.39 is 0 Å². The van der Waals surface area contributed by atoms with Crippen molar-refractivity contribution >= 4 is 0 Å². The first-order chi connectivity index (χ1) is 11.2. The third-order valence-electron chi connectivity index (χ3n) is 5.05. The molecule has 116 valence electrons. The van der Waals surface area contributed by atoms with Crippen molar-refractivity contribution in [3.63, 3.8) is 0 Å². The van der Waals surface area contributed by atoms with Gasteiger partial charge in [0.1, 0.15) is 0 Å². The fraction of sp³-hybridized carbons (Fsp3) is 0.300. The maximum atomic E-state index is 10.8. The number of ether oxygens (including phenoxy) is 1. The first-order valence-corrected chi connectivity index (χ1v) is 7.93. The molecule has 0 bridgehead atoms. The van der Waals surface area contributed by atoms with Gasteiger partial charge in [0.2, 0.25) is 0 Å². The number of hydrogen-bond acceptors (Lipinski definition) is 3. The van der Waals surface area contributed by atoms with E-state index in [1.165, 1.54) is 16.7 Å². The van der Waals surface area contributed by atoms with Gasteiger partial charge in [-0.1, -0.05) is 30.2 Å². The quantitative estimate of drug-likeness (QED) is 0.865. The van der Waals surface area contributed by atoms with Gasteiger partial charge in [-0.3, -0.25) is 4.90 Å². The minimum Gasteiger partial charge on any atom is -0.504 e. The summed E-state index contributed by atoms with van der Waals surface area (Å²) in [7, 11) is 1.61. The molecule has 1 heterocycles. The van der Waals surface area contributed by atoms with Crippen LogP contribution in [0.3, 0.4) is 0 Å². The predicted octanol–water partition coefficient (Wildman–Crippen LogP) is 3.16. The second-order valence-electron chi connectivity index (χ2n) is 6.18. The van der Waals surface area contributed by atoms with Crippen LogP contribution >= 0.6 is 0 Å². The van der Waals surface area contributed by atoms with Crippen LogP contribution in [-0.4, -0.2) is 30.2 Å². The Morgan fingerprint density at radius 1 is 1.35 bits per heavy atom. The highest BCUT2D eigenvalue weighted by molar-refractivity contribution is 5.83. The Bertz CT molecular complexity index is 819. The number of methoxy groups -OCH3 is 1. The molecule has 0 saturated heterocycles. The Balaban J connectivity index is 2.01. The SMILES string of the molecule is C#CCN1CCc2cc(OC)c(O)c3c2[C@H]1Cc1ccccc1-3. The summed E-state index contributed by atoms with van der Waals surface area (Å²) in [6.07, 6.45) is 7.43. The molecule has 3 heteroatoms. The molecule has 23 heavy (non-hydrogen) atoms. The highest BCUT2D eigenvalue weighted by Crippen LogP contribution is 2.51. The first-order valence-electron chi connectivity index (χ1n) is 7.93. The molecule has 1 atom stereocenters. The standard InChI is InChI=1S/C20H19NO2/c1-3-9-21-10-8-14-12-17(23-2)20(22)19-15-7-5-4-6-13(15)11-16(21)18(14)19/h1,4-7,12,16,22H,8-11H2,2H3/t16-/m1/s1. The maximum Gasteiger partial charge on any atom is 0.166 e. The van der Waals surface area contributed by atoms with Crippen LogP contribution in [-0.2, 0) is 12.8 Å². The van der Waals surface area contributed by atoms with Crippen LogP contribution in [0.5, 0.6) is 11.5 Å². The van der Waals surface area contributed by atoms with Crippen LogP contribution in [0.2, 0.25) is 0 Å². The zero-order valence-corrected chi connectivity index (χ0v) is 13.2. The van der Waals surface area contributed by atoms with Gasteiger partial charge in [-0.2, -0.15) is 0 Å². The van der Waals surface area contributed by atoms with E-state index in [9.17, 15) is 5.11 Å². The van der Waals surface area contributed by atoms with Crippen molar-refractivity contribution in [3.05, 3.63) is 47.0 Å². The fourth-order valence-corrected chi connectivity index (χ4v) is 4.02. The average Bonchev–Trinajstić information content (AvgIpc) is 2.58. The van der Waals surface area contributed by atoms with E-state index in [1.54, 1.807) is 7.11 Å². The molecule has 0 aromatic heterocycles. The first kappa shape index (κ1) is 14.2. The van der Waals surface area contributed by atoms with Crippen molar-refractivity contribution < 1.29 is 9.84 Å². The molecule has 3 nitrogen and oxygen atoms in total. The van der Waals surface area contributed by atoms with Gasteiger partial charge in [0, 0.05) is 18.2 Å². The van der Waals surface area contributed by atoms with E-state index in [0.717, 1.165) is 30.5 Å². The van der Waals surface area contributed by atoms with E-state index in [2.05, 4.69) is 29.0 Å². The molecule has 0 saturated carbocycles. The zero-order valence-electron chi connectivity index (χ0n) is 13.2. The molecular formula is C20H19NO2. The molecule has 1 N–H and O–H groups in total. The largest absolute Gasteiger partial charge is 0.504 e. The van der Waals surface area contributed by atoms with Crippen molar-refractivity contribution in [1.82, 2.24) is 4.90 Å². The van der Waals surface area contributed by atoms with Crippen LogP contribution in [0.15, 0.2) is 30.3 Å². The number of rotatable bonds is 2. The third kappa shape index (κ3) is 2.03. The number of terminal acetylenes is 1. The fourth-order valence-electron chi connectivity index (χ4n) is 4.02. The number of phenols is 1. The summed E-state index contributed by atoms with van der Waals surface area (Å²) >= 11 is 0. The molecule has 4 rings (SSSR count). The van der Waals surface area contributed by atoms with Crippen LogP contribution in [0, 0.1) is 12.3 Å². The Morgan fingerprint density at radius 3 is 2.96 bits per heavy atom. The van der Waals surface area contributed by atoms with Crippen molar-refractivity contribution in [2.75, 3.05) is 20.2 Å². The highest BCUT2D eigenvalue weighted by atomic mass is 16.5. The summed E-state index contributed by atoms with van der Waals surface area (Å²) in [5.74, 6) is 3.57. The van der Waals surface area contributed by atoms with E-state index in [1.807, 2.05) is 12.1 Å². The lowest BCUT2D eigenvalue weighted by Gasteiger charge is -2.41. The summed E-state index contributed by atoms with van der Waals surface area (Å²) in [4.78, 5) is 2.34. The van der Waals surface area contributed by atoms with Gasteiger partial charge in [-0.15, -0.1) is 6.42 Å². The van der Waals surface area contributed by atoms with Crippen molar-refractivity contribution in [2.45, 2.75) is 18.9 Å². The maximum absolute atomic E-state index is 10.8. The number of aromatic hydroxyl groups is 1. The van der Waals surface area contributed by atoms with Crippen LogP contribution in [0.1, 0.15) is 22.7 Å². The molecule has 2 aromatic rings. The van der Waals surface area contributed by atoms with Gasteiger partial charge in [0.05, 0.1) is 13.7 Å². The molecule has 0 amide bonds. The number of phenolic OH excluding ortho intramolecular Hbond substituents is 1. The summed E-state index contributed by atoms with van der Waals surface area (Å²) in [5.41, 5.74) is 5.78. The highest BCUT2D eigenvalue weighted by Gasteiger charge is 2.36. The Hall–Kier alpha value is -2.44. The molecule has 0 fully saturated rings. The second-order valence-corrected chi connectivity index (χ2v) is 6.18. The average molecular weight is 305 g/mol. The molecule has 0 unspecified atom stereocenters. The topological polar surface area (TPSA) is 32.7 Å². The lowest BCUT2D eigenvalue weighted by molar-refractivity contribution is 0.206. The van der Waals surface area contributed by atoms with E-state index in [4.69, 9.17) is 11.2 Å². The summed E-state index contributed by atoms with van der Waals surface area (Å²) in [6.45, 7) is 1.58. The molecule has 0 spiro atoms. The minimum atomic E-state index is 0.233. The molecule has 2 aliphatic rings. The van der Waals surface area contributed by atoms with Gasteiger partial charge < -0.3 is 9.84 Å². The molecule has 0 radical (unpaired) electrons. The number of benzene rings is 2. The van der Waals surface area contributed by atoms with Crippen LogP contribution in [0.25, 0.3) is 11.1 Å². The predicted molar refractivity (Wildman–Crippen MR) is 90.6 cm³/mol. The van der Waals surface area contributed by atoms with Crippen LogP contribution in [0.4, 0.5) is 0 Å². The molecule has 1 aliphatic carbocycles. The summed E-state index contributed by atoms with van der Waals surface area (Å²) in [5, 5.41) is 10.8.